The summed E-state index contributed by atoms with van der Waals surface area (Å²) in [4.78, 5) is 22.0. The molecular weight excluding hydrogens is 509 g/mol. The maximum atomic E-state index is 14.4. The van der Waals surface area contributed by atoms with Crippen LogP contribution >= 0.6 is 0 Å². The molecule has 1 unspecified atom stereocenters. The standard InChI is InChI=1S/C30H26FN7O2/c1-37-16-33-36-29(37)25-11-21(31)4-5-23(25)19-9-26(18-2-3-18)35-27(10-19)38-14-20(13-32)24-12-22(34-28(24)30(38)39)8-17-6-7-40-15-17/h4-5,9-12,14,16-18,34H,2-3,6-8,15H2,1H3. The van der Waals surface area contributed by atoms with Crippen LogP contribution in [0.3, 0.4) is 0 Å². The van der Waals surface area contributed by atoms with Crippen molar-refractivity contribution in [2.75, 3.05) is 13.2 Å². The maximum absolute atomic E-state index is 14.4. The summed E-state index contributed by atoms with van der Waals surface area (Å²) in [6.45, 7) is 1.45. The van der Waals surface area contributed by atoms with Crippen molar-refractivity contribution in [1.29, 1.82) is 5.26 Å². The average Bonchev–Trinajstić information content (AvgIpc) is 3.28. The molecule has 5 heterocycles. The van der Waals surface area contributed by atoms with Crippen molar-refractivity contribution >= 4 is 10.9 Å². The second kappa shape index (κ2) is 9.54. The number of nitrogens with zero attached hydrogens (tertiary/aromatic N) is 6. The third-order valence-corrected chi connectivity index (χ3v) is 7.83. The van der Waals surface area contributed by atoms with Crippen LogP contribution in [-0.4, -0.2) is 42.5 Å². The van der Waals surface area contributed by atoms with E-state index in [-0.39, 0.29) is 17.3 Å². The lowest BCUT2D eigenvalue weighted by atomic mass is 9.98. The van der Waals surface area contributed by atoms with Crippen molar-refractivity contribution in [1.82, 2.24) is 29.3 Å². The number of aromatic amines is 1. The summed E-state index contributed by atoms with van der Waals surface area (Å²) >= 11 is 0. The Morgan fingerprint density at radius 2 is 2.05 bits per heavy atom. The molecule has 1 aliphatic carbocycles. The molecule has 10 heteroatoms. The summed E-state index contributed by atoms with van der Waals surface area (Å²) in [5.74, 6) is 1.23. The Morgan fingerprint density at radius 3 is 2.77 bits per heavy atom. The molecule has 1 N–H and O–H groups in total. The van der Waals surface area contributed by atoms with Crippen molar-refractivity contribution in [3.63, 3.8) is 0 Å². The molecule has 5 aromatic rings. The van der Waals surface area contributed by atoms with Crippen molar-refractivity contribution in [2.45, 2.75) is 31.6 Å². The lowest BCUT2D eigenvalue weighted by Gasteiger charge is -2.14. The van der Waals surface area contributed by atoms with Crippen LogP contribution in [-0.2, 0) is 18.2 Å². The summed E-state index contributed by atoms with van der Waals surface area (Å²) in [6.07, 6.45) is 6.90. The highest BCUT2D eigenvalue weighted by atomic mass is 19.1. The van der Waals surface area contributed by atoms with Gasteiger partial charge in [-0.05, 0) is 73.1 Å². The minimum absolute atomic E-state index is 0.276. The van der Waals surface area contributed by atoms with E-state index in [4.69, 9.17) is 9.72 Å². The molecule has 1 atom stereocenters. The van der Waals surface area contributed by atoms with Crippen LogP contribution in [0.15, 0.2) is 53.7 Å². The minimum Gasteiger partial charge on any atom is -0.381 e. The van der Waals surface area contributed by atoms with Gasteiger partial charge in [0.25, 0.3) is 5.56 Å². The van der Waals surface area contributed by atoms with E-state index in [9.17, 15) is 14.4 Å². The topological polar surface area (TPSA) is 114 Å². The van der Waals surface area contributed by atoms with Crippen LogP contribution in [0.2, 0.25) is 0 Å². The van der Waals surface area contributed by atoms with Gasteiger partial charge in [-0.15, -0.1) is 10.2 Å². The van der Waals surface area contributed by atoms with Gasteiger partial charge in [0, 0.05) is 54.7 Å². The molecule has 4 aromatic heterocycles. The minimum atomic E-state index is -0.384. The second-order valence-corrected chi connectivity index (χ2v) is 10.7. The van der Waals surface area contributed by atoms with Gasteiger partial charge in [-0.3, -0.25) is 9.36 Å². The first-order valence-electron chi connectivity index (χ1n) is 13.4. The normalized spacial score (nSPS) is 17.0. The number of rotatable bonds is 6. The van der Waals surface area contributed by atoms with Gasteiger partial charge >= 0.3 is 0 Å². The first-order valence-corrected chi connectivity index (χ1v) is 13.4. The monoisotopic (exact) mass is 535 g/mol. The third kappa shape index (κ3) is 4.28. The highest BCUT2D eigenvalue weighted by Gasteiger charge is 2.27. The van der Waals surface area contributed by atoms with Gasteiger partial charge < -0.3 is 14.3 Å². The molecule has 9 nitrogen and oxygen atoms in total. The maximum Gasteiger partial charge on any atom is 0.280 e. The smallest absolute Gasteiger partial charge is 0.280 e. The first-order chi connectivity index (χ1) is 19.5. The fourth-order valence-electron chi connectivity index (χ4n) is 5.58. The molecule has 0 radical (unpaired) electrons. The number of H-pyrrole nitrogens is 1. The van der Waals surface area contributed by atoms with E-state index in [1.165, 1.54) is 16.7 Å². The molecule has 1 saturated carbocycles. The molecule has 0 bridgehead atoms. The molecule has 0 amide bonds. The summed E-state index contributed by atoms with van der Waals surface area (Å²) in [5, 5.41) is 18.8. The molecule has 1 aliphatic heterocycles. The Balaban J connectivity index is 1.39. The van der Waals surface area contributed by atoms with Crippen molar-refractivity contribution in [3.8, 4) is 34.4 Å². The zero-order valence-corrected chi connectivity index (χ0v) is 21.9. The molecule has 1 aromatic carbocycles. The third-order valence-electron chi connectivity index (χ3n) is 7.83. The lowest BCUT2D eigenvalue weighted by Crippen LogP contribution is -2.20. The van der Waals surface area contributed by atoms with E-state index < -0.39 is 0 Å². The summed E-state index contributed by atoms with van der Waals surface area (Å²) in [6, 6.07) is 12.5. The molecule has 2 aliphatic rings. The average molecular weight is 536 g/mol. The van der Waals surface area contributed by atoms with Crippen LogP contribution in [0.5, 0.6) is 0 Å². The Hall–Kier alpha value is -4.62. The Morgan fingerprint density at radius 1 is 1.18 bits per heavy atom. The molecule has 200 valence electrons. The number of nitriles is 1. The largest absolute Gasteiger partial charge is 0.381 e. The van der Waals surface area contributed by atoms with Crippen molar-refractivity contribution < 1.29 is 9.13 Å². The van der Waals surface area contributed by atoms with E-state index in [0.29, 0.717) is 46.2 Å². The molecule has 2 fully saturated rings. The highest BCUT2D eigenvalue weighted by Crippen LogP contribution is 2.42. The number of benzene rings is 1. The summed E-state index contributed by atoms with van der Waals surface area (Å²) in [5.41, 5.74) is 4.39. The number of aromatic nitrogens is 6. The van der Waals surface area contributed by atoms with E-state index in [2.05, 4.69) is 21.3 Å². The van der Waals surface area contributed by atoms with E-state index >= 15 is 0 Å². The lowest BCUT2D eigenvalue weighted by molar-refractivity contribution is 0.185. The number of fused-ring (bicyclic) bond motifs is 1. The fourth-order valence-corrected chi connectivity index (χ4v) is 5.58. The van der Waals surface area contributed by atoms with Gasteiger partial charge in [0.1, 0.15) is 29.5 Å². The fraction of sp³-hybridized carbons (Fsp3) is 0.300. The van der Waals surface area contributed by atoms with E-state index in [1.807, 2.05) is 18.2 Å². The van der Waals surface area contributed by atoms with Gasteiger partial charge in [0.2, 0.25) is 0 Å². The first kappa shape index (κ1) is 24.4. The quantitative estimate of drug-likeness (QED) is 0.339. The Kier molecular flexibility index (Phi) is 5.82. The van der Waals surface area contributed by atoms with Gasteiger partial charge in [0.05, 0.1) is 5.56 Å². The van der Waals surface area contributed by atoms with E-state index in [0.717, 1.165) is 54.8 Å². The second-order valence-electron chi connectivity index (χ2n) is 10.7. The zero-order chi connectivity index (χ0) is 27.4. The Labute approximate surface area is 228 Å². The summed E-state index contributed by atoms with van der Waals surface area (Å²) in [7, 11) is 1.81. The molecule has 1 saturated heterocycles. The SMILES string of the molecule is Cn1cnnc1-c1cc(F)ccc1-c1cc(C2CC2)nc(-n2cc(C#N)c3cc(CC4CCOC4)[nH]c3c2=O)c1. The van der Waals surface area contributed by atoms with Crippen LogP contribution in [0, 0.1) is 23.1 Å². The van der Waals surface area contributed by atoms with Crippen molar-refractivity contribution in [2.24, 2.45) is 13.0 Å². The van der Waals surface area contributed by atoms with E-state index in [1.54, 1.807) is 30.2 Å². The van der Waals surface area contributed by atoms with Crippen LogP contribution < -0.4 is 5.56 Å². The molecule has 7 rings (SSSR count). The number of pyridine rings is 2. The van der Waals surface area contributed by atoms with Gasteiger partial charge in [-0.1, -0.05) is 6.07 Å². The van der Waals surface area contributed by atoms with Crippen LogP contribution in [0.4, 0.5) is 4.39 Å². The van der Waals surface area contributed by atoms with Crippen LogP contribution in [0.1, 0.15) is 42.1 Å². The molecular formula is C30H26FN7O2. The molecule has 40 heavy (non-hydrogen) atoms. The number of halogens is 1. The number of hydrogen-bond acceptors (Lipinski definition) is 6. The number of hydrogen-bond donors (Lipinski definition) is 1. The molecule has 0 spiro atoms. The van der Waals surface area contributed by atoms with Gasteiger partial charge in [-0.2, -0.15) is 5.26 Å². The van der Waals surface area contributed by atoms with Crippen molar-refractivity contribution in [3.05, 3.63) is 82.0 Å². The van der Waals surface area contributed by atoms with Gasteiger partial charge in [0.15, 0.2) is 5.82 Å². The Bertz CT molecular complexity index is 1870. The highest BCUT2D eigenvalue weighted by molar-refractivity contribution is 5.86. The predicted octanol–water partition coefficient (Wildman–Crippen LogP) is 4.64. The number of nitrogens with one attached hydrogen (secondary N) is 1. The predicted molar refractivity (Wildman–Crippen MR) is 146 cm³/mol. The number of ether oxygens (including phenoxy) is 1. The summed E-state index contributed by atoms with van der Waals surface area (Å²) < 4.78 is 23.1. The van der Waals surface area contributed by atoms with Gasteiger partial charge in [-0.25, -0.2) is 9.37 Å². The van der Waals surface area contributed by atoms with Crippen LogP contribution in [0.25, 0.3) is 39.2 Å². The number of aryl methyl sites for hydroxylation is 1. The zero-order valence-electron chi connectivity index (χ0n) is 21.9.